The van der Waals surface area contributed by atoms with Crippen LogP contribution in [-0.4, -0.2) is 43.5 Å². The summed E-state index contributed by atoms with van der Waals surface area (Å²) in [5.41, 5.74) is -1.13. The fourth-order valence-electron chi connectivity index (χ4n) is 2.26. The molecule has 116 valence electrons. The molecule has 0 saturated heterocycles. The van der Waals surface area contributed by atoms with Gasteiger partial charge in [-0.1, -0.05) is 0 Å². The molecule has 0 aliphatic heterocycles. The van der Waals surface area contributed by atoms with E-state index >= 15 is 0 Å². The zero-order valence-corrected chi connectivity index (χ0v) is 11.6. The Labute approximate surface area is 116 Å². The third-order valence-electron chi connectivity index (χ3n) is 3.88. The van der Waals surface area contributed by atoms with Crippen molar-refractivity contribution in [2.24, 2.45) is 5.92 Å². The van der Waals surface area contributed by atoms with Crippen LogP contribution in [0.4, 0.5) is 13.2 Å². The molecule has 2 saturated carbocycles. The predicted octanol–water partition coefficient (Wildman–Crippen LogP) is 2.03. The first-order valence-electron chi connectivity index (χ1n) is 6.84. The Balaban J connectivity index is 2.06. The van der Waals surface area contributed by atoms with E-state index < -0.39 is 23.8 Å². The lowest BCUT2D eigenvalue weighted by molar-refractivity contribution is -0.221. The van der Waals surface area contributed by atoms with Gasteiger partial charge in [0.25, 0.3) is 0 Å². The molecule has 0 aromatic heterocycles. The van der Waals surface area contributed by atoms with Crippen LogP contribution < -0.4 is 5.32 Å². The fourth-order valence-corrected chi connectivity index (χ4v) is 2.26. The summed E-state index contributed by atoms with van der Waals surface area (Å²) in [6.45, 7) is 0.646. The summed E-state index contributed by atoms with van der Waals surface area (Å²) in [4.78, 5) is 12.1. The molecule has 0 bridgehead atoms. The molecular weight excluding hydrogens is 275 g/mol. The summed E-state index contributed by atoms with van der Waals surface area (Å²) < 4.78 is 47.3. The van der Waals surface area contributed by atoms with Gasteiger partial charge in [-0.2, -0.15) is 13.2 Å². The average Bonchev–Trinajstić information content (AvgIpc) is 3.24. The summed E-state index contributed by atoms with van der Waals surface area (Å²) in [5, 5.41) is 3.16. The number of rotatable bonds is 7. The number of hydrogen-bond acceptors (Lipinski definition) is 4. The molecule has 0 aromatic carbocycles. The number of carbonyl (C=O) groups is 1. The van der Waals surface area contributed by atoms with Crippen molar-refractivity contribution in [2.75, 3.05) is 13.7 Å². The number of esters is 1. The van der Waals surface area contributed by atoms with Crippen molar-refractivity contribution >= 4 is 5.97 Å². The van der Waals surface area contributed by atoms with E-state index in [1.807, 2.05) is 0 Å². The lowest BCUT2D eigenvalue weighted by Crippen LogP contribution is -2.59. The van der Waals surface area contributed by atoms with Gasteiger partial charge in [0.15, 0.2) is 6.10 Å². The molecular formula is C13H20F3NO3. The Bertz CT molecular complexity index is 366. The van der Waals surface area contributed by atoms with E-state index in [1.54, 1.807) is 0 Å². The van der Waals surface area contributed by atoms with Crippen molar-refractivity contribution < 1.29 is 27.4 Å². The standard InChI is InChI=1S/C13H20F3NO3/c1-8(13(14,15)16)20-7-12(9-3-4-9,11(18)19-2)17-10-5-6-10/h8-10,17H,3-7H2,1-2H3. The molecule has 2 fully saturated rings. The van der Waals surface area contributed by atoms with Crippen molar-refractivity contribution in [3.63, 3.8) is 0 Å². The molecule has 2 unspecified atom stereocenters. The Hall–Kier alpha value is -0.820. The number of ether oxygens (including phenoxy) is 2. The first-order chi connectivity index (χ1) is 9.29. The minimum Gasteiger partial charge on any atom is -0.468 e. The van der Waals surface area contributed by atoms with Crippen LogP contribution in [0.15, 0.2) is 0 Å². The maximum Gasteiger partial charge on any atom is 0.414 e. The average molecular weight is 295 g/mol. The molecule has 1 N–H and O–H groups in total. The van der Waals surface area contributed by atoms with Gasteiger partial charge in [0.05, 0.1) is 13.7 Å². The van der Waals surface area contributed by atoms with Crippen LogP contribution in [0.3, 0.4) is 0 Å². The minimum absolute atomic E-state index is 0.00372. The summed E-state index contributed by atoms with van der Waals surface area (Å²) in [6.07, 6.45) is -2.85. The third-order valence-corrected chi connectivity index (χ3v) is 3.88. The number of carbonyl (C=O) groups excluding carboxylic acids is 1. The molecule has 2 aliphatic carbocycles. The van der Waals surface area contributed by atoms with E-state index in [2.05, 4.69) is 5.32 Å². The van der Waals surface area contributed by atoms with Crippen molar-refractivity contribution in [2.45, 2.75) is 56.5 Å². The van der Waals surface area contributed by atoms with Gasteiger partial charge < -0.3 is 9.47 Å². The zero-order valence-electron chi connectivity index (χ0n) is 11.6. The van der Waals surface area contributed by atoms with Gasteiger partial charge in [-0.15, -0.1) is 0 Å². The Morgan fingerprint density at radius 1 is 1.30 bits per heavy atom. The van der Waals surface area contributed by atoms with E-state index in [-0.39, 0.29) is 18.6 Å². The first-order valence-corrected chi connectivity index (χ1v) is 6.84. The highest BCUT2D eigenvalue weighted by Gasteiger charge is 2.55. The van der Waals surface area contributed by atoms with Gasteiger partial charge in [-0.05, 0) is 38.5 Å². The third kappa shape index (κ3) is 3.44. The number of alkyl halides is 3. The predicted molar refractivity (Wildman–Crippen MR) is 65.1 cm³/mol. The highest BCUT2D eigenvalue weighted by Crippen LogP contribution is 2.43. The highest BCUT2D eigenvalue weighted by molar-refractivity contribution is 5.82. The monoisotopic (exact) mass is 295 g/mol. The van der Waals surface area contributed by atoms with Gasteiger partial charge in [-0.3, -0.25) is 5.32 Å². The quantitative estimate of drug-likeness (QED) is 0.730. The second-order valence-corrected chi connectivity index (χ2v) is 5.65. The molecule has 0 aromatic rings. The maximum absolute atomic E-state index is 12.5. The molecule has 0 heterocycles. The SMILES string of the molecule is COC(=O)C(COC(C)C(F)(F)F)(NC1CC1)C1CC1. The maximum atomic E-state index is 12.5. The van der Waals surface area contributed by atoms with Crippen LogP contribution in [0.25, 0.3) is 0 Å². The van der Waals surface area contributed by atoms with E-state index in [1.165, 1.54) is 7.11 Å². The van der Waals surface area contributed by atoms with Crippen LogP contribution in [0.1, 0.15) is 32.6 Å². The Morgan fingerprint density at radius 2 is 1.90 bits per heavy atom. The normalized spacial score (nSPS) is 24.1. The first kappa shape index (κ1) is 15.6. The van der Waals surface area contributed by atoms with Crippen LogP contribution in [0.2, 0.25) is 0 Å². The summed E-state index contributed by atoms with van der Waals surface area (Å²) in [7, 11) is 1.25. The lowest BCUT2D eigenvalue weighted by atomic mass is 9.93. The molecule has 4 nitrogen and oxygen atoms in total. The molecule has 2 atom stereocenters. The number of hydrogen-bond donors (Lipinski definition) is 1. The lowest BCUT2D eigenvalue weighted by Gasteiger charge is -2.33. The second kappa shape index (κ2) is 5.52. The molecule has 0 amide bonds. The zero-order chi connectivity index (χ0) is 15.0. The van der Waals surface area contributed by atoms with Crippen molar-refractivity contribution in [3.8, 4) is 0 Å². The molecule has 2 aliphatic rings. The molecule has 0 spiro atoms. The van der Waals surface area contributed by atoms with Crippen molar-refractivity contribution in [3.05, 3.63) is 0 Å². The number of methoxy groups -OCH3 is 1. The largest absolute Gasteiger partial charge is 0.468 e. The van der Waals surface area contributed by atoms with E-state index in [0.717, 1.165) is 32.6 Å². The van der Waals surface area contributed by atoms with E-state index in [4.69, 9.17) is 9.47 Å². The smallest absolute Gasteiger partial charge is 0.414 e. The Kier molecular flexibility index (Phi) is 4.30. The fraction of sp³-hybridized carbons (Fsp3) is 0.923. The molecule has 2 rings (SSSR count). The summed E-state index contributed by atoms with van der Waals surface area (Å²) >= 11 is 0. The topological polar surface area (TPSA) is 47.6 Å². The van der Waals surface area contributed by atoms with Crippen molar-refractivity contribution in [1.82, 2.24) is 5.32 Å². The second-order valence-electron chi connectivity index (χ2n) is 5.65. The van der Waals surface area contributed by atoms with Crippen LogP contribution in [0.5, 0.6) is 0 Å². The number of halogens is 3. The molecule has 0 radical (unpaired) electrons. The highest BCUT2D eigenvalue weighted by atomic mass is 19.4. The summed E-state index contributed by atoms with van der Waals surface area (Å²) in [6, 6.07) is 0.180. The van der Waals surface area contributed by atoms with Crippen molar-refractivity contribution in [1.29, 1.82) is 0 Å². The van der Waals surface area contributed by atoms with E-state index in [9.17, 15) is 18.0 Å². The van der Waals surface area contributed by atoms with Crippen LogP contribution in [-0.2, 0) is 14.3 Å². The van der Waals surface area contributed by atoms with Crippen LogP contribution in [0, 0.1) is 5.92 Å². The van der Waals surface area contributed by atoms with E-state index in [0.29, 0.717) is 0 Å². The van der Waals surface area contributed by atoms with Gasteiger partial charge in [0.1, 0.15) is 5.54 Å². The van der Waals surface area contributed by atoms with Gasteiger partial charge in [0.2, 0.25) is 0 Å². The summed E-state index contributed by atoms with van der Waals surface area (Å²) in [5.74, 6) is -0.530. The minimum atomic E-state index is -4.43. The van der Waals surface area contributed by atoms with Crippen LogP contribution >= 0.6 is 0 Å². The molecule has 20 heavy (non-hydrogen) atoms. The van der Waals surface area contributed by atoms with Gasteiger partial charge in [-0.25, -0.2) is 4.79 Å². The molecule has 7 heteroatoms. The number of nitrogens with one attached hydrogen (secondary N) is 1. The Morgan fingerprint density at radius 3 is 2.30 bits per heavy atom. The van der Waals surface area contributed by atoms with Gasteiger partial charge >= 0.3 is 12.1 Å². The van der Waals surface area contributed by atoms with Gasteiger partial charge in [0, 0.05) is 6.04 Å².